The first-order valence-corrected chi connectivity index (χ1v) is 7.71. The number of amides is 1. The summed E-state index contributed by atoms with van der Waals surface area (Å²) >= 11 is 3.42. The molecule has 0 aliphatic heterocycles. The summed E-state index contributed by atoms with van der Waals surface area (Å²) in [7, 11) is 0. The molecule has 0 saturated heterocycles. The highest BCUT2D eigenvalue weighted by Crippen LogP contribution is 2.10. The normalized spacial score (nSPS) is 10.3. The number of carbonyl (C=O) groups is 1. The van der Waals surface area contributed by atoms with Crippen LogP contribution in [0.5, 0.6) is 0 Å². The number of rotatable bonds is 4. The smallest absolute Gasteiger partial charge is 0.251 e. The molecular weight excluding hydrogens is 314 g/mol. The van der Waals surface area contributed by atoms with Crippen molar-refractivity contribution in [2.24, 2.45) is 0 Å². The lowest BCUT2D eigenvalue weighted by molar-refractivity contribution is 0.0950. The van der Waals surface area contributed by atoms with E-state index in [0.29, 0.717) is 6.54 Å². The van der Waals surface area contributed by atoms with Crippen LogP contribution in [-0.4, -0.2) is 5.91 Å². The molecule has 2 rings (SSSR count). The summed E-state index contributed by atoms with van der Waals surface area (Å²) in [5.74, 6) is -0.0265. The number of hydrogen-bond acceptors (Lipinski definition) is 1. The van der Waals surface area contributed by atoms with E-state index in [1.807, 2.05) is 38.1 Å². The third-order valence-electron chi connectivity index (χ3n) is 3.11. The van der Waals surface area contributed by atoms with Crippen LogP contribution in [0, 0.1) is 13.8 Å². The minimum absolute atomic E-state index is 0.0265. The van der Waals surface area contributed by atoms with Crippen molar-refractivity contribution in [1.29, 1.82) is 0 Å². The van der Waals surface area contributed by atoms with E-state index >= 15 is 0 Å². The SMILES string of the molecule is Cc1cc(C)cc(C(=O)NCc2ccc(CBr)cc2)c1. The van der Waals surface area contributed by atoms with Gasteiger partial charge in [0, 0.05) is 17.4 Å². The Bertz CT molecular complexity index is 585. The van der Waals surface area contributed by atoms with E-state index in [9.17, 15) is 4.79 Å². The lowest BCUT2D eigenvalue weighted by atomic mass is 10.1. The Labute approximate surface area is 128 Å². The van der Waals surface area contributed by atoms with Gasteiger partial charge in [-0.05, 0) is 37.1 Å². The molecule has 0 fully saturated rings. The highest BCUT2D eigenvalue weighted by Gasteiger charge is 2.06. The molecule has 20 heavy (non-hydrogen) atoms. The standard InChI is InChI=1S/C17H18BrNO/c1-12-7-13(2)9-16(8-12)17(20)19-11-15-5-3-14(10-18)4-6-15/h3-9H,10-11H2,1-2H3,(H,19,20). The van der Waals surface area contributed by atoms with E-state index in [1.54, 1.807) is 0 Å². The zero-order chi connectivity index (χ0) is 14.5. The maximum atomic E-state index is 12.1. The van der Waals surface area contributed by atoms with Gasteiger partial charge in [-0.25, -0.2) is 0 Å². The number of nitrogens with one attached hydrogen (secondary N) is 1. The van der Waals surface area contributed by atoms with Crippen LogP contribution in [0.25, 0.3) is 0 Å². The first kappa shape index (κ1) is 14.8. The molecule has 0 bridgehead atoms. The van der Waals surface area contributed by atoms with Gasteiger partial charge in [-0.1, -0.05) is 57.4 Å². The molecule has 2 aromatic carbocycles. The first-order valence-electron chi connectivity index (χ1n) is 6.59. The molecule has 0 aliphatic carbocycles. The summed E-state index contributed by atoms with van der Waals surface area (Å²) in [6.45, 7) is 4.56. The fourth-order valence-corrected chi connectivity index (χ4v) is 2.51. The molecule has 0 heterocycles. The van der Waals surface area contributed by atoms with Gasteiger partial charge in [-0.2, -0.15) is 0 Å². The second-order valence-corrected chi connectivity index (χ2v) is 5.57. The topological polar surface area (TPSA) is 29.1 Å². The van der Waals surface area contributed by atoms with Crippen LogP contribution in [0.4, 0.5) is 0 Å². The van der Waals surface area contributed by atoms with E-state index in [1.165, 1.54) is 5.56 Å². The summed E-state index contributed by atoms with van der Waals surface area (Å²) in [5, 5.41) is 3.81. The van der Waals surface area contributed by atoms with Gasteiger partial charge in [0.2, 0.25) is 0 Å². The molecule has 0 radical (unpaired) electrons. The second kappa shape index (κ2) is 6.71. The molecule has 0 aromatic heterocycles. The van der Waals surface area contributed by atoms with Crippen LogP contribution in [0.3, 0.4) is 0 Å². The van der Waals surface area contributed by atoms with Crippen molar-refractivity contribution < 1.29 is 4.79 Å². The van der Waals surface area contributed by atoms with E-state index in [4.69, 9.17) is 0 Å². The summed E-state index contributed by atoms with van der Waals surface area (Å²) in [6, 6.07) is 14.1. The fourth-order valence-electron chi connectivity index (χ4n) is 2.14. The van der Waals surface area contributed by atoms with Gasteiger partial charge < -0.3 is 5.32 Å². The zero-order valence-corrected chi connectivity index (χ0v) is 13.3. The fraction of sp³-hybridized carbons (Fsp3) is 0.235. The van der Waals surface area contributed by atoms with Crippen LogP contribution < -0.4 is 5.32 Å². The Kier molecular flexibility index (Phi) is 4.96. The van der Waals surface area contributed by atoms with Crippen LogP contribution >= 0.6 is 15.9 Å². The van der Waals surface area contributed by atoms with E-state index in [2.05, 4.69) is 39.4 Å². The van der Waals surface area contributed by atoms with Crippen molar-refractivity contribution >= 4 is 21.8 Å². The Morgan fingerprint density at radius 2 is 1.55 bits per heavy atom. The minimum atomic E-state index is -0.0265. The van der Waals surface area contributed by atoms with E-state index < -0.39 is 0 Å². The van der Waals surface area contributed by atoms with E-state index in [-0.39, 0.29) is 5.91 Å². The Hall–Kier alpha value is -1.61. The maximum Gasteiger partial charge on any atom is 0.251 e. The average molecular weight is 332 g/mol. The van der Waals surface area contributed by atoms with Gasteiger partial charge >= 0.3 is 0 Å². The van der Waals surface area contributed by atoms with Gasteiger partial charge in [0.25, 0.3) is 5.91 Å². The van der Waals surface area contributed by atoms with Crippen molar-refractivity contribution in [3.8, 4) is 0 Å². The van der Waals surface area contributed by atoms with Crippen LogP contribution in [0.1, 0.15) is 32.6 Å². The van der Waals surface area contributed by atoms with Crippen molar-refractivity contribution in [3.05, 3.63) is 70.3 Å². The number of alkyl halides is 1. The lowest BCUT2D eigenvalue weighted by Crippen LogP contribution is -2.22. The van der Waals surface area contributed by atoms with Crippen LogP contribution in [-0.2, 0) is 11.9 Å². The predicted octanol–water partition coefficient (Wildman–Crippen LogP) is 4.13. The Morgan fingerprint density at radius 1 is 1.00 bits per heavy atom. The molecule has 3 heteroatoms. The first-order chi connectivity index (χ1) is 9.58. The van der Waals surface area contributed by atoms with Crippen molar-refractivity contribution in [3.63, 3.8) is 0 Å². The number of hydrogen-bond donors (Lipinski definition) is 1. The second-order valence-electron chi connectivity index (χ2n) is 5.01. The number of aryl methyl sites for hydroxylation is 2. The van der Waals surface area contributed by atoms with Gasteiger partial charge in [-0.3, -0.25) is 4.79 Å². The maximum absolute atomic E-state index is 12.1. The highest BCUT2D eigenvalue weighted by molar-refractivity contribution is 9.08. The van der Waals surface area contributed by atoms with Gasteiger partial charge in [-0.15, -0.1) is 0 Å². The Morgan fingerprint density at radius 3 is 2.10 bits per heavy atom. The number of benzene rings is 2. The summed E-state index contributed by atoms with van der Waals surface area (Å²) in [6.07, 6.45) is 0. The monoisotopic (exact) mass is 331 g/mol. The molecule has 0 spiro atoms. The molecule has 104 valence electrons. The molecule has 0 aliphatic rings. The third kappa shape index (κ3) is 3.94. The molecule has 0 unspecified atom stereocenters. The van der Waals surface area contributed by atoms with Crippen LogP contribution in [0.2, 0.25) is 0 Å². The van der Waals surface area contributed by atoms with Crippen molar-refractivity contribution in [2.45, 2.75) is 25.7 Å². The number of halogens is 1. The summed E-state index contributed by atoms with van der Waals surface area (Å²) in [5.41, 5.74) is 5.27. The van der Waals surface area contributed by atoms with Crippen molar-refractivity contribution in [1.82, 2.24) is 5.32 Å². The highest BCUT2D eigenvalue weighted by atomic mass is 79.9. The molecule has 0 atom stereocenters. The Balaban J connectivity index is 2.00. The van der Waals surface area contributed by atoms with Crippen LogP contribution in [0.15, 0.2) is 42.5 Å². The molecule has 1 amide bonds. The molecule has 0 saturated carbocycles. The molecule has 1 N–H and O–H groups in total. The van der Waals surface area contributed by atoms with Gasteiger partial charge in [0.15, 0.2) is 0 Å². The number of carbonyl (C=O) groups excluding carboxylic acids is 1. The molecular formula is C17H18BrNO. The van der Waals surface area contributed by atoms with Gasteiger partial charge in [0.1, 0.15) is 0 Å². The zero-order valence-electron chi connectivity index (χ0n) is 11.7. The van der Waals surface area contributed by atoms with E-state index in [0.717, 1.165) is 27.6 Å². The van der Waals surface area contributed by atoms with Gasteiger partial charge in [0.05, 0.1) is 0 Å². The third-order valence-corrected chi connectivity index (χ3v) is 3.76. The average Bonchev–Trinajstić information content (AvgIpc) is 2.44. The molecule has 2 nitrogen and oxygen atoms in total. The summed E-state index contributed by atoms with van der Waals surface area (Å²) in [4.78, 5) is 12.1. The summed E-state index contributed by atoms with van der Waals surface area (Å²) < 4.78 is 0. The molecule has 2 aromatic rings. The largest absolute Gasteiger partial charge is 0.348 e. The van der Waals surface area contributed by atoms with Crippen molar-refractivity contribution in [2.75, 3.05) is 0 Å². The quantitative estimate of drug-likeness (QED) is 0.838. The minimum Gasteiger partial charge on any atom is -0.348 e. The lowest BCUT2D eigenvalue weighted by Gasteiger charge is -2.08. The predicted molar refractivity (Wildman–Crippen MR) is 86.2 cm³/mol.